The van der Waals surface area contributed by atoms with Crippen LogP contribution in [0.4, 0.5) is 28.9 Å². The number of carboxylic acid groups (broad SMARTS) is 1. The molecule has 2 heterocycles. The Morgan fingerprint density at radius 3 is 2.47 bits per heavy atom. The molecular formula is C28H33F4N3O3. The molecule has 4 atom stereocenters. The summed E-state index contributed by atoms with van der Waals surface area (Å²) in [7, 11) is 0. The van der Waals surface area contributed by atoms with E-state index in [1.807, 2.05) is 19.1 Å². The van der Waals surface area contributed by atoms with Gasteiger partial charge in [-0.1, -0.05) is 26.0 Å². The van der Waals surface area contributed by atoms with Crippen LogP contribution in [0, 0.1) is 23.6 Å². The number of carboxylic acids is 1. The smallest absolute Gasteiger partial charge is 0.431 e. The summed E-state index contributed by atoms with van der Waals surface area (Å²) in [5.74, 6) is -1.22. The van der Waals surface area contributed by atoms with Gasteiger partial charge in [0, 0.05) is 25.1 Å². The van der Waals surface area contributed by atoms with Crippen molar-refractivity contribution in [3.8, 4) is 5.75 Å². The third-order valence-electron chi connectivity index (χ3n) is 7.56. The van der Waals surface area contributed by atoms with E-state index in [-0.39, 0.29) is 11.7 Å². The van der Waals surface area contributed by atoms with Gasteiger partial charge in [0.15, 0.2) is 0 Å². The van der Waals surface area contributed by atoms with Gasteiger partial charge in [-0.3, -0.25) is 9.80 Å². The molecule has 2 aromatic rings. The molecule has 1 N–H and O–H groups in total. The maximum atomic E-state index is 14.5. The van der Waals surface area contributed by atoms with Gasteiger partial charge in [0.1, 0.15) is 17.3 Å². The van der Waals surface area contributed by atoms with Crippen LogP contribution >= 0.6 is 0 Å². The molecule has 0 aliphatic carbocycles. The molecule has 0 bridgehead atoms. The number of hydrogen-bond donors (Lipinski definition) is 1. The topological polar surface area (TPSA) is 65.4 Å². The number of nitrogens with zero attached hydrogens (tertiary/aromatic N) is 3. The van der Waals surface area contributed by atoms with E-state index in [2.05, 4.69) is 16.9 Å². The maximum absolute atomic E-state index is 14.5. The van der Waals surface area contributed by atoms with Crippen molar-refractivity contribution in [2.75, 3.05) is 29.6 Å². The largest absolute Gasteiger partial charge is 0.494 e. The Morgan fingerprint density at radius 2 is 1.87 bits per heavy atom. The van der Waals surface area contributed by atoms with E-state index in [0.29, 0.717) is 42.7 Å². The van der Waals surface area contributed by atoms with Crippen molar-refractivity contribution in [3.05, 3.63) is 53.8 Å². The van der Waals surface area contributed by atoms with E-state index in [0.717, 1.165) is 18.4 Å². The number of halogens is 4. The van der Waals surface area contributed by atoms with Crippen LogP contribution in [0.15, 0.2) is 47.6 Å². The molecule has 0 aromatic heterocycles. The summed E-state index contributed by atoms with van der Waals surface area (Å²) >= 11 is 0. The van der Waals surface area contributed by atoms with Crippen LogP contribution in [0.1, 0.15) is 39.2 Å². The van der Waals surface area contributed by atoms with Crippen molar-refractivity contribution >= 4 is 23.1 Å². The molecule has 0 radical (unpaired) electrons. The Hall–Kier alpha value is -3.30. The fraction of sp³-hybridized carbons (Fsp3) is 0.500. The predicted molar refractivity (Wildman–Crippen MR) is 138 cm³/mol. The van der Waals surface area contributed by atoms with Gasteiger partial charge < -0.3 is 14.7 Å². The van der Waals surface area contributed by atoms with E-state index < -0.39 is 36.2 Å². The van der Waals surface area contributed by atoms with Crippen molar-refractivity contribution in [1.29, 1.82) is 0 Å². The highest BCUT2D eigenvalue weighted by Gasteiger charge is 2.48. The van der Waals surface area contributed by atoms with Crippen LogP contribution < -0.4 is 14.6 Å². The Morgan fingerprint density at radius 1 is 1.16 bits per heavy atom. The Kier molecular flexibility index (Phi) is 8.18. The van der Waals surface area contributed by atoms with Crippen molar-refractivity contribution in [3.63, 3.8) is 0 Å². The normalized spacial score (nSPS) is 23.9. The minimum absolute atomic E-state index is 0.275. The van der Waals surface area contributed by atoms with Gasteiger partial charge in [0.25, 0.3) is 0 Å². The first-order valence-corrected chi connectivity index (χ1v) is 12.9. The third kappa shape index (κ3) is 6.05. The highest BCUT2D eigenvalue weighted by Crippen LogP contribution is 2.37. The lowest BCUT2D eigenvalue weighted by Gasteiger charge is -2.38. The molecule has 4 rings (SSSR count). The number of aliphatic carboxylic acids is 1. The average molecular weight is 536 g/mol. The minimum Gasteiger partial charge on any atom is -0.494 e. The first-order chi connectivity index (χ1) is 18.0. The molecule has 1 fully saturated rings. The zero-order valence-electron chi connectivity index (χ0n) is 21.7. The molecular weight excluding hydrogens is 502 g/mol. The number of hydrogen-bond acceptors (Lipinski definition) is 5. The Balaban J connectivity index is 1.43. The number of piperidine rings is 1. The number of anilines is 2. The molecule has 2 aliphatic heterocycles. The first kappa shape index (κ1) is 27.7. The lowest BCUT2D eigenvalue weighted by Crippen LogP contribution is -2.40. The Labute approximate surface area is 219 Å². The summed E-state index contributed by atoms with van der Waals surface area (Å²) < 4.78 is 60.4. The summed E-state index contributed by atoms with van der Waals surface area (Å²) in [5.41, 5.74) is 1.04. The summed E-state index contributed by atoms with van der Waals surface area (Å²) in [4.78, 5) is 13.4. The maximum Gasteiger partial charge on any atom is 0.431 e. The third-order valence-corrected chi connectivity index (χ3v) is 7.56. The average Bonchev–Trinajstić information content (AvgIpc) is 3.18. The SMILES string of the molecule is CCOc1ccc(F)c(N2CCC(Cc3ccc(N4N=C(C(F)(F)F)[C@@H](C)[C@@H]4CC(=O)O)cc3)C(C)C2)c1. The van der Waals surface area contributed by atoms with Crippen LogP contribution in [0.3, 0.4) is 0 Å². The van der Waals surface area contributed by atoms with E-state index in [4.69, 9.17) is 4.74 Å². The second-order valence-electron chi connectivity index (χ2n) is 10.2. The van der Waals surface area contributed by atoms with Crippen molar-refractivity contribution in [2.45, 2.75) is 52.3 Å². The van der Waals surface area contributed by atoms with Crippen molar-refractivity contribution < 1.29 is 32.2 Å². The lowest BCUT2D eigenvalue weighted by atomic mass is 9.82. The quantitative estimate of drug-likeness (QED) is 0.411. The van der Waals surface area contributed by atoms with Crippen LogP contribution in [0.2, 0.25) is 0 Å². The molecule has 0 saturated carbocycles. The minimum atomic E-state index is -4.62. The fourth-order valence-electron chi connectivity index (χ4n) is 5.48. The number of ether oxygens (including phenoxy) is 1. The fourth-order valence-corrected chi connectivity index (χ4v) is 5.48. The van der Waals surface area contributed by atoms with Crippen LogP contribution in [0.25, 0.3) is 0 Å². The molecule has 0 spiro atoms. The first-order valence-electron chi connectivity index (χ1n) is 12.9. The molecule has 1 saturated heterocycles. The zero-order chi connectivity index (χ0) is 27.6. The van der Waals surface area contributed by atoms with Crippen molar-refractivity contribution in [2.24, 2.45) is 22.9 Å². The van der Waals surface area contributed by atoms with Crippen molar-refractivity contribution in [1.82, 2.24) is 0 Å². The molecule has 206 valence electrons. The van der Waals surface area contributed by atoms with E-state index in [1.165, 1.54) is 18.0 Å². The summed E-state index contributed by atoms with van der Waals surface area (Å²) in [6.45, 7) is 7.31. The second kappa shape index (κ2) is 11.2. The molecule has 2 aromatic carbocycles. The second-order valence-corrected chi connectivity index (χ2v) is 10.2. The number of rotatable bonds is 8. The summed E-state index contributed by atoms with van der Waals surface area (Å²) in [6.07, 6.45) is -3.42. The number of alkyl halides is 3. The van der Waals surface area contributed by atoms with Gasteiger partial charge in [-0.2, -0.15) is 18.3 Å². The molecule has 10 heteroatoms. The van der Waals surface area contributed by atoms with Gasteiger partial charge >= 0.3 is 12.1 Å². The molecule has 38 heavy (non-hydrogen) atoms. The number of hydrazone groups is 1. The standard InChI is InChI=1S/C28H33F4N3O3/c1-4-38-22-9-10-23(29)25(14-22)34-12-11-20(17(2)16-34)13-19-5-7-21(8-6-19)35-24(15-26(36)37)18(3)27(33-35)28(30,31)32/h5-10,14,17-18,20,24H,4,11-13,15-16H2,1-3H3,(H,36,37)/t17?,18-,20?,24-/m0/s1. The van der Waals surface area contributed by atoms with Crippen LogP contribution in [-0.2, 0) is 11.2 Å². The zero-order valence-corrected chi connectivity index (χ0v) is 21.7. The van der Waals surface area contributed by atoms with Gasteiger partial charge in [-0.05, 0) is 61.4 Å². The van der Waals surface area contributed by atoms with Gasteiger partial charge in [-0.25, -0.2) is 4.39 Å². The monoisotopic (exact) mass is 535 g/mol. The molecule has 0 amide bonds. The number of benzene rings is 2. The number of carbonyl (C=O) groups is 1. The van der Waals surface area contributed by atoms with Crippen LogP contribution in [0.5, 0.6) is 5.75 Å². The van der Waals surface area contributed by atoms with Gasteiger partial charge in [-0.15, -0.1) is 0 Å². The lowest BCUT2D eigenvalue weighted by molar-refractivity contribution is -0.137. The Bertz CT molecular complexity index is 1170. The van der Waals surface area contributed by atoms with Gasteiger partial charge in [0.05, 0.1) is 30.4 Å². The van der Waals surface area contributed by atoms with Gasteiger partial charge in [0.2, 0.25) is 0 Å². The van der Waals surface area contributed by atoms with Crippen LogP contribution in [-0.4, -0.2) is 48.7 Å². The molecule has 6 nitrogen and oxygen atoms in total. The highest BCUT2D eigenvalue weighted by atomic mass is 19.4. The van der Waals surface area contributed by atoms with E-state index in [9.17, 15) is 27.5 Å². The van der Waals surface area contributed by atoms with E-state index in [1.54, 1.807) is 24.3 Å². The highest BCUT2D eigenvalue weighted by molar-refractivity contribution is 5.95. The molecule has 2 aliphatic rings. The predicted octanol–water partition coefficient (Wildman–Crippen LogP) is 6.15. The summed E-state index contributed by atoms with van der Waals surface area (Å²) in [6, 6.07) is 11.0. The summed E-state index contributed by atoms with van der Waals surface area (Å²) in [5, 5.41) is 14.2. The molecule has 2 unspecified atom stereocenters. The van der Waals surface area contributed by atoms with E-state index >= 15 is 0 Å².